The molecule has 0 bridgehead atoms. The predicted octanol–water partition coefficient (Wildman–Crippen LogP) is 3.37. The van der Waals surface area contributed by atoms with Crippen molar-refractivity contribution in [2.45, 2.75) is 13.0 Å². The average Bonchev–Trinajstić information content (AvgIpc) is 3.29. The van der Waals surface area contributed by atoms with E-state index >= 15 is 0 Å². The van der Waals surface area contributed by atoms with Gasteiger partial charge in [-0.05, 0) is 42.0 Å². The van der Waals surface area contributed by atoms with Gasteiger partial charge in [0.2, 0.25) is 4.96 Å². The largest absolute Gasteiger partial charge is 0.497 e. The summed E-state index contributed by atoms with van der Waals surface area (Å²) in [4.78, 5) is 0.756. The molecule has 0 fully saturated rings. The van der Waals surface area contributed by atoms with E-state index in [4.69, 9.17) is 14.2 Å². The molecular weight excluding hydrogens is 364 g/mol. The summed E-state index contributed by atoms with van der Waals surface area (Å²) in [6, 6.07) is 15.4. The van der Waals surface area contributed by atoms with Crippen molar-refractivity contribution in [3.8, 4) is 17.2 Å². The third-order valence-electron chi connectivity index (χ3n) is 4.04. The summed E-state index contributed by atoms with van der Waals surface area (Å²) in [6.45, 7) is 0.377. The van der Waals surface area contributed by atoms with Gasteiger partial charge >= 0.3 is 0 Å². The average molecular weight is 382 g/mol. The van der Waals surface area contributed by atoms with Gasteiger partial charge in [-0.3, -0.25) is 0 Å². The van der Waals surface area contributed by atoms with Crippen molar-refractivity contribution in [3.05, 3.63) is 64.9 Å². The van der Waals surface area contributed by atoms with E-state index in [9.17, 15) is 0 Å². The Morgan fingerprint density at radius 1 is 0.852 bits per heavy atom. The van der Waals surface area contributed by atoms with E-state index in [-0.39, 0.29) is 0 Å². The molecular formula is C19H18N4O3S. The van der Waals surface area contributed by atoms with Crippen LogP contribution in [-0.4, -0.2) is 34.0 Å². The fourth-order valence-corrected chi connectivity index (χ4v) is 3.37. The molecule has 2 aromatic heterocycles. The normalized spacial score (nSPS) is 10.9. The molecule has 0 radical (unpaired) electrons. The van der Waals surface area contributed by atoms with Crippen molar-refractivity contribution in [3.63, 3.8) is 0 Å². The molecule has 0 N–H and O–H groups in total. The monoisotopic (exact) mass is 382 g/mol. The molecule has 2 heterocycles. The smallest absolute Gasteiger partial charge is 0.234 e. The Kier molecular flexibility index (Phi) is 4.88. The molecule has 27 heavy (non-hydrogen) atoms. The minimum absolute atomic E-state index is 0.377. The first-order chi connectivity index (χ1) is 13.2. The maximum absolute atomic E-state index is 5.79. The van der Waals surface area contributed by atoms with Gasteiger partial charge in [0, 0.05) is 6.42 Å². The van der Waals surface area contributed by atoms with Gasteiger partial charge in [-0.25, -0.2) is 0 Å². The standard InChI is InChI=1S/C19H18N4O3S/c1-24-14-5-3-13(4-6-14)11-17-20-21-19-23(17)22-18(27-19)12-26-16-9-7-15(25-2)8-10-16/h3-10H,11-12H2,1-2H3. The first-order valence-electron chi connectivity index (χ1n) is 8.35. The van der Waals surface area contributed by atoms with Crippen LogP contribution in [-0.2, 0) is 13.0 Å². The minimum Gasteiger partial charge on any atom is -0.497 e. The molecule has 0 aliphatic heterocycles. The maximum atomic E-state index is 5.79. The van der Waals surface area contributed by atoms with Gasteiger partial charge in [0.15, 0.2) is 10.8 Å². The SMILES string of the molecule is COc1ccc(Cc2nnc3sc(COc4ccc(OC)cc4)nn23)cc1. The number of hydrogen-bond acceptors (Lipinski definition) is 7. The molecule has 0 aliphatic rings. The summed E-state index contributed by atoms with van der Waals surface area (Å²) < 4.78 is 17.9. The highest BCUT2D eigenvalue weighted by atomic mass is 32.1. The van der Waals surface area contributed by atoms with Crippen molar-refractivity contribution in [1.29, 1.82) is 0 Å². The second-order valence-corrected chi connectivity index (χ2v) is 6.84. The Balaban J connectivity index is 1.45. The summed E-state index contributed by atoms with van der Waals surface area (Å²) in [5.74, 6) is 3.18. The minimum atomic E-state index is 0.377. The van der Waals surface area contributed by atoms with Gasteiger partial charge in [-0.15, -0.1) is 10.2 Å². The number of nitrogens with zero attached hydrogens (tertiary/aromatic N) is 4. The van der Waals surface area contributed by atoms with Crippen molar-refractivity contribution >= 4 is 16.3 Å². The van der Waals surface area contributed by atoms with E-state index < -0.39 is 0 Å². The van der Waals surface area contributed by atoms with Crippen LogP contribution in [0.2, 0.25) is 0 Å². The summed E-state index contributed by atoms with van der Waals surface area (Å²) in [5.41, 5.74) is 1.12. The number of fused-ring (bicyclic) bond motifs is 1. The highest BCUT2D eigenvalue weighted by Crippen LogP contribution is 2.21. The number of aromatic nitrogens is 4. The topological polar surface area (TPSA) is 70.8 Å². The fourth-order valence-electron chi connectivity index (χ4n) is 2.61. The van der Waals surface area contributed by atoms with Gasteiger partial charge in [-0.1, -0.05) is 23.5 Å². The Morgan fingerprint density at radius 3 is 2.15 bits per heavy atom. The Labute approximate surface area is 160 Å². The van der Waals surface area contributed by atoms with Crippen molar-refractivity contribution < 1.29 is 14.2 Å². The lowest BCUT2D eigenvalue weighted by molar-refractivity contribution is 0.303. The predicted molar refractivity (Wildman–Crippen MR) is 102 cm³/mol. The molecule has 138 valence electrons. The summed E-state index contributed by atoms with van der Waals surface area (Å²) in [6.07, 6.45) is 0.646. The highest BCUT2D eigenvalue weighted by molar-refractivity contribution is 7.16. The summed E-state index contributed by atoms with van der Waals surface area (Å²) >= 11 is 1.47. The van der Waals surface area contributed by atoms with Crippen LogP contribution in [0.25, 0.3) is 4.96 Å². The zero-order valence-electron chi connectivity index (χ0n) is 15.0. The van der Waals surface area contributed by atoms with Gasteiger partial charge in [0.05, 0.1) is 14.2 Å². The first kappa shape index (κ1) is 17.3. The Hall–Kier alpha value is -3.13. The van der Waals surface area contributed by atoms with Crippen LogP contribution in [0, 0.1) is 0 Å². The van der Waals surface area contributed by atoms with E-state index in [1.165, 1.54) is 11.3 Å². The van der Waals surface area contributed by atoms with Crippen LogP contribution in [0.5, 0.6) is 17.2 Å². The van der Waals surface area contributed by atoms with Gasteiger partial charge in [0.1, 0.15) is 23.9 Å². The van der Waals surface area contributed by atoms with Crippen LogP contribution in [0.1, 0.15) is 16.4 Å². The molecule has 7 nitrogen and oxygen atoms in total. The number of methoxy groups -OCH3 is 2. The second-order valence-electron chi connectivity index (χ2n) is 5.80. The zero-order valence-corrected chi connectivity index (χ0v) is 15.8. The Bertz CT molecular complexity index is 1030. The lowest BCUT2D eigenvalue weighted by Crippen LogP contribution is -2.00. The highest BCUT2D eigenvalue weighted by Gasteiger charge is 2.13. The number of hydrogen-bond donors (Lipinski definition) is 0. The third kappa shape index (κ3) is 3.85. The molecule has 0 aliphatic carbocycles. The number of rotatable bonds is 7. The van der Waals surface area contributed by atoms with E-state index in [1.807, 2.05) is 48.5 Å². The number of ether oxygens (including phenoxy) is 3. The van der Waals surface area contributed by atoms with E-state index in [1.54, 1.807) is 18.7 Å². The Morgan fingerprint density at radius 2 is 1.48 bits per heavy atom. The second kappa shape index (κ2) is 7.63. The molecule has 0 saturated carbocycles. The van der Waals surface area contributed by atoms with Crippen molar-refractivity contribution in [2.75, 3.05) is 14.2 Å². The molecule has 0 saturated heterocycles. The maximum Gasteiger partial charge on any atom is 0.234 e. The molecule has 0 spiro atoms. The van der Waals surface area contributed by atoms with Gasteiger partial charge in [0.25, 0.3) is 0 Å². The van der Waals surface area contributed by atoms with E-state index in [0.29, 0.717) is 13.0 Å². The lowest BCUT2D eigenvalue weighted by Gasteiger charge is -2.04. The third-order valence-corrected chi connectivity index (χ3v) is 4.91. The van der Waals surface area contributed by atoms with Crippen LogP contribution < -0.4 is 14.2 Å². The number of benzene rings is 2. The zero-order chi connectivity index (χ0) is 18.6. The molecule has 0 atom stereocenters. The van der Waals surface area contributed by atoms with Gasteiger partial charge in [-0.2, -0.15) is 9.61 Å². The molecule has 4 aromatic rings. The first-order valence-corrected chi connectivity index (χ1v) is 9.16. The van der Waals surface area contributed by atoms with E-state index in [2.05, 4.69) is 15.3 Å². The lowest BCUT2D eigenvalue weighted by atomic mass is 10.1. The fraction of sp³-hybridized carbons (Fsp3) is 0.211. The summed E-state index contributed by atoms with van der Waals surface area (Å²) in [5, 5.41) is 13.9. The summed E-state index contributed by atoms with van der Waals surface area (Å²) in [7, 11) is 3.29. The quantitative estimate of drug-likeness (QED) is 0.488. The van der Waals surface area contributed by atoms with Gasteiger partial charge < -0.3 is 14.2 Å². The molecule has 0 amide bonds. The van der Waals surface area contributed by atoms with Crippen molar-refractivity contribution in [1.82, 2.24) is 19.8 Å². The van der Waals surface area contributed by atoms with Crippen LogP contribution in [0.4, 0.5) is 0 Å². The molecule has 4 rings (SSSR count). The molecule has 0 unspecified atom stereocenters. The molecule has 2 aromatic carbocycles. The van der Waals surface area contributed by atoms with Crippen LogP contribution in [0.15, 0.2) is 48.5 Å². The van der Waals surface area contributed by atoms with Crippen LogP contribution >= 0.6 is 11.3 Å². The van der Waals surface area contributed by atoms with E-state index in [0.717, 1.165) is 38.6 Å². The molecule has 8 heteroatoms. The van der Waals surface area contributed by atoms with Crippen LogP contribution in [0.3, 0.4) is 0 Å². The van der Waals surface area contributed by atoms with Crippen molar-refractivity contribution in [2.24, 2.45) is 0 Å².